The predicted molar refractivity (Wildman–Crippen MR) is 86.7 cm³/mol. The lowest BCUT2D eigenvalue weighted by Crippen LogP contribution is -2.34. The van der Waals surface area contributed by atoms with E-state index in [2.05, 4.69) is 38.5 Å². The lowest BCUT2D eigenvalue weighted by molar-refractivity contribution is 0.165. The number of nitrogens with zero attached hydrogens (tertiary/aromatic N) is 4. The van der Waals surface area contributed by atoms with Crippen molar-refractivity contribution in [3.05, 3.63) is 42.0 Å². The predicted octanol–water partition coefficient (Wildman–Crippen LogP) is 2.16. The molecule has 0 amide bonds. The first-order chi connectivity index (χ1) is 10.9. The van der Waals surface area contributed by atoms with E-state index in [1.54, 1.807) is 6.33 Å². The zero-order valence-electron chi connectivity index (χ0n) is 12.9. The molecular formula is C17H23N5. The SMILES string of the molecule is c1cc2c(c(CN3CCC(Cn4cncn4)CC3)c1)NCC2. The number of hydrogen-bond donors (Lipinski definition) is 1. The monoisotopic (exact) mass is 297 g/mol. The highest BCUT2D eigenvalue weighted by Crippen LogP contribution is 2.28. The number of rotatable bonds is 4. The second-order valence-corrected chi connectivity index (χ2v) is 6.47. The van der Waals surface area contributed by atoms with Gasteiger partial charge in [-0.2, -0.15) is 5.10 Å². The summed E-state index contributed by atoms with van der Waals surface area (Å²) in [5.74, 6) is 0.734. The third kappa shape index (κ3) is 2.86. The van der Waals surface area contributed by atoms with Crippen LogP contribution >= 0.6 is 0 Å². The molecule has 0 aliphatic carbocycles. The van der Waals surface area contributed by atoms with Crippen LogP contribution in [0.3, 0.4) is 0 Å². The van der Waals surface area contributed by atoms with Crippen molar-refractivity contribution in [2.45, 2.75) is 32.4 Å². The van der Waals surface area contributed by atoms with Crippen molar-refractivity contribution in [2.24, 2.45) is 5.92 Å². The first-order valence-corrected chi connectivity index (χ1v) is 8.28. The fourth-order valence-electron chi connectivity index (χ4n) is 3.70. The maximum absolute atomic E-state index is 4.22. The van der Waals surface area contributed by atoms with E-state index in [9.17, 15) is 0 Å². The van der Waals surface area contributed by atoms with E-state index >= 15 is 0 Å². The second kappa shape index (κ2) is 6.08. The molecule has 0 bridgehead atoms. The molecule has 2 aliphatic rings. The largest absolute Gasteiger partial charge is 0.384 e. The van der Waals surface area contributed by atoms with E-state index in [1.807, 2.05) is 11.0 Å². The Morgan fingerprint density at radius 1 is 1.23 bits per heavy atom. The first kappa shape index (κ1) is 13.8. The molecule has 0 saturated carbocycles. The van der Waals surface area contributed by atoms with Gasteiger partial charge >= 0.3 is 0 Å². The Kier molecular flexibility index (Phi) is 3.81. The van der Waals surface area contributed by atoms with Crippen LogP contribution in [0.25, 0.3) is 0 Å². The molecule has 5 nitrogen and oxygen atoms in total. The van der Waals surface area contributed by atoms with E-state index in [1.165, 1.54) is 49.2 Å². The molecule has 1 saturated heterocycles. The molecular weight excluding hydrogens is 274 g/mol. The standard InChI is InChI=1S/C17H23N5/c1-2-15-4-7-19-17(15)16(3-1)11-21-8-5-14(6-9-21)10-22-13-18-12-20-22/h1-3,12-14,19H,4-11H2. The molecule has 1 fully saturated rings. The third-order valence-electron chi connectivity index (χ3n) is 4.95. The summed E-state index contributed by atoms with van der Waals surface area (Å²) in [6, 6.07) is 6.74. The Morgan fingerprint density at radius 3 is 2.95 bits per heavy atom. The topological polar surface area (TPSA) is 46.0 Å². The molecule has 2 aliphatic heterocycles. The van der Waals surface area contributed by atoms with Gasteiger partial charge in [-0.1, -0.05) is 18.2 Å². The van der Waals surface area contributed by atoms with Crippen LogP contribution in [0.4, 0.5) is 5.69 Å². The second-order valence-electron chi connectivity index (χ2n) is 6.47. The van der Waals surface area contributed by atoms with Crippen molar-refractivity contribution in [3.8, 4) is 0 Å². The van der Waals surface area contributed by atoms with Crippen molar-refractivity contribution < 1.29 is 0 Å². The van der Waals surface area contributed by atoms with E-state index in [0.29, 0.717) is 0 Å². The van der Waals surface area contributed by atoms with Crippen LogP contribution in [0, 0.1) is 5.92 Å². The van der Waals surface area contributed by atoms with Crippen LogP contribution in [0.5, 0.6) is 0 Å². The maximum atomic E-state index is 4.22. The minimum absolute atomic E-state index is 0.734. The summed E-state index contributed by atoms with van der Waals surface area (Å²) in [6.45, 7) is 5.54. The number of nitrogens with one attached hydrogen (secondary N) is 1. The number of likely N-dealkylation sites (tertiary alicyclic amines) is 1. The molecule has 0 radical (unpaired) electrons. The highest BCUT2D eigenvalue weighted by molar-refractivity contribution is 5.61. The normalized spacial score (nSPS) is 19.1. The number of piperidine rings is 1. The van der Waals surface area contributed by atoms with E-state index < -0.39 is 0 Å². The first-order valence-electron chi connectivity index (χ1n) is 8.28. The minimum Gasteiger partial charge on any atom is -0.384 e. The zero-order valence-corrected chi connectivity index (χ0v) is 12.9. The molecule has 1 N–H and O–H groups in total. The van der Waals surface area contributed by atoms with E-state index in [0.717, 1.165) is 25.6 Å². The Bertz CT molecular complexity index is 614. The average Bonchev–Trinajstić information content (AvgIpc) is 3.21. The van der Waals surface area contributed by atoms with Crippen LogP contribution in [0.1, 0.15) is 24.0 Å². The Hall–Kier alpha value is -1.88. The van der Waals surface area contributed by atoms with Gasteiger partial charge in [-0.25, -0.2) is 4.98 Å². The zero-order chi connectivity index (χ0) is 14.8. The van der Waals surface area contributed by atoms with Crippen LogP contribution in [0.2, 0.25) is 0 Å². The number of hydrogen-bond acceptors (Lipinski definition) is 4. The summed E-state index contributed by atoms with van der Waals surface area (Å²) in [4.78, 5) is 6.62. The molecule has 0 spiro atoms. The smallest absolute Gasteiger partial charge is 0.137 e. The third-order valence-corrected chi connectivity index (χ3v) is 4.95. The summed E-state index contributed by atoms with van der Waals surface area (Å²) < 4.78 is 1.97. The Labute approximate surface area is 131 Å². The average molecular weight is 297 g/mol. The van der Waals surface area contributed by atoms with Gasteiger partial charge < -0.3 is 5.32 Å². The number of para-hydroxylation sites is 1. The minimum atomic E-state index is 0.734. The van der Waals surface area contributed by atoms with E-state index in [-0.39, 0.29) is 0 Å². The lowest BCUT2D eigenvalue weighted by atomic mass is 9.96. The summed E-state index contributed by atoms with van der Waals surface area (Å²) in [5.41, 5.74) is 4.34. The maximum Gasteiger partial charge on any atom is 0.137 e. The highest BCUT2D eigenvalue weighted by Gasteiger charge is 2.21. The summed E-state index contributed by atoms with van der Waals surface area (Å²) >= 11 is 0. The van der Waals surface area contributed by atoms with Crippen LogP contribution in [0.15, 0.2) is 30.9 Å². The fraction of sp³-hybridized carbons (Fsp3) is 0.529. The summed E-state index contributed by atoms with van der Waals surface area (Å²) in [5, 5.41) is 7.77. The highest BCUT2D eigenvalue weighted by atomic mass is 15.3. The Balaban J connectivity index is 1.34. The van der Waals surface area contributed by atoms with Gasteiger partial charge in [0.15, 0.2) is 0 Å². The molecule has 0 atom stereocenters. The van der Waals surface area contributed by atoms with Crippen molar-refractivity contribution in [1.82, 2.24) is 19.7 Å². The van der Waals surface area contributed by atoms with Gasteiger partial charge in [0.25, 0.3) is 0 Å². The van der Waals surface area contributed by atoms with Gasteiger partial charge in [-0.05, 0) is 49.4 Å². The van der Waals surface area contributed by atoms with E-state index in [4.69, 9.17) is 0 Å². The molecule has 2 aromatic rings. The lowest BCUT2D eigenvalue weighted by Gasteiger charge is -2.32. The van der Waals surface area contributed by atoms with Crippen LogP contribution in [-0.4, -0.2) is 39.3 Å². The molecule has 22 heavy (non-hydrogen) atoms. The van der Waals surface area contributed by atoms with Crippen molar-refractivity contribution in [3.63, 3.8) is 0 Å². The molecule has 3 heterocycles. The Morgan fingerprint density at radius 2 is 2.14 bits per heavy atom. The molecule has 116 valence electrons. The summed E-state index contributed by atoms with van der Waals surface area (Å²) in [7, 11) is 0. The summed E-state index contributed by atoms with van der Waals surface area (Å²) in [6.07, 6.45) is 7.12. The molecule has 0 unspecified atom stereocenters. The fourth-order valence-corrected chi connectivity index (χ4v) is 3.70. The van der Waals surface area contributed by atoms with Gasteiger partial charge in [0.1, 0.15) is 12.7 Å². The molecule has 1 aromatic carbocycles. The molecule has 4 rings (SSSR count). The van der Waals surface area contributed by atoms with Gasteiger partial charge in [-0.15, -0.1) is 0 Å². The van der Waals surface area contributed by atoms with Gasteiger partial charge in [-0.3, -0.25) is 9.58 Å². The van der Waals surface area contributed by atoms with Crippen molar-refractivity contribution in [2.75, 3.05) is 25.0 Å². The van der Waals surface area contributed by atoms with Crippen molar-refractivity contribution >= 4 is 5.69 Å². The number of fused-ring (bicyclic) bond motifs is 1. The van der Waals surface area contributed by atoms with Gasteiger partial charge in [0, 0.05) is 25.3 Å². The number of anilines is 1. The quantitative estimate of drug-likeness (QED) is 0.939. The van der Waals surface area contributed by atoms with Crippen LogP contribution < -0.4 is 5.32 Å². The number of aromatic nitrogens is 3. The van der Waals surface area contributed by atoms with Gasteiger partial charge in [0.2, 0.25) is 0 Å². The van der Waals surface area contributed by atoms with Gasteiger partial charge in [0.05, 0.1) is 0 Å². The van der Waals surface area contributed by atoms with Crippen molar-refractivity contribution in [1.29, 1.82) is 0 Å². The molecule has 5 heteroatoms. The van der Waals surface area contributed by atoms with Crippen LogP contribution in [-0.2, 0) is 19.5 Å². The molecule has 1 aromatic heterocycles. The number of benzene rings is 1.